The van der Waals surface area contributed by atoms with Crippen LogP contribution in [0.5, 0.6) is 0 Å². The van der Waals surface area contributed by atoms with Crippen molar-refractivity contribution >= 4 is 39.8 Å². The van der Waals surface area contributed by atoms with E-state index in [1.54, 1.807) is 62.8 Å². The van der Waals surface area contributed by atoms with Crippen molar-refractivity contribution in [2.45, 2.75) is 26.4 Å². The standard InChI is InChI=1S/C26H25N5O3/c1-15-7-8-28-13-20(15)16-9-17-11-23(29-14-21(17)22(27)10-16)31-25(33)24(32)30-19-6-4-5-18(12-19)26(2,3)34/h4-14,34H,27H2,1-3H3,(H,30,32)(H,29,31,33). The molecule has 0 saturated carbocycles. The Balaban J connectivity index is 1.55. The van der Waals surface area contributed by atoms with Crippen LogP contribution in [0.2, 0.25) is 0 Å². The number of aliphatic hydroxyl groups is 1. The first-order valence-electron chi connectivity index (χ1n) is 10.7. The van der Waals surface area contributed by atoms with Gasteiger partial charge in [0.15, 0.2) is 0 Å². The summed E-state index contributed by atoms with van der Waals surface area (Å²) in [6.45, 7) is 5.27. The van der Waals surface area contributed by atoms with Crippen molar-refractivity contribution in [2.24, 2.45) is 0 Å². The fraction of sp³-hybridized carbons (Fsp3) is 0.154. The molecule has 0 aliphatic rings. The lowest BCUT2D eigenvalue weighted by atomic mass is 9.98. The molecule has 4 rings (SSSR count). The summed E-state index contributed by atoms with van der Waals surface area (Å²) >= 11 is 0. The number of hydrogen-bond acceptors (Lipinski definition) is 6. The Bertz CT molecular complexity index is 1410. The minimum absolute atomic E-state index is 0.220. The minimum atomic E-state index is -1.08. The molecule has 0 aliphatic carbocycles. The molecule has 8 nitrogen and oxygen atoms in total. The van der Waals surface area contributed by atoms with E-state index in [9.17, 15) is 14.7 Å². The number of benzene rings is 2. The van der Waals surface area contributed by atoms with E-state index in [1.807, 2.05) is 25.1 Å². The summed E-state index contributed by atoms with van der Waals surface area (Å²) in [7, 11) is 0. The van der Waals surface area contributed by atoms with Crippen molar-refractivity contribution in [3.63, 3.8) is 0 Å². The van der Waals surface area contributed by atoms with Gasteiger partial charge < -0.3 is 21.5 Å². The van der Waals surface area contributed by atoms with E-state index in [0.29, 0.717) is 16.9 Å². The maximum atomic E-state index is 12.5. The quantitative estimate of drug-likeness (QED) is 0.272. The molecule has 0 radical (unpaired) electrons. The van der Waals surface area contributed by atoms with Gasteiger partial charge in [0, 0.05) is 40.9 Å². The van der Waals surface area contributed by atoms with Gasteiger partial charge >= 0.3 is 11.8 Å². The number of carbonyl (C=O) groups is 2. The van der Waals surface area contributed by atoms with Crippen LogP contribution in [0, 0.1) is 6.92 Å². The molecule has 5 N–H and O–H groups in total. The number of aromatic nitrogens is 2. The van der Waals surface area contributed by atoms with E-state index in [-0.39, 0.29) is 5.82 Å². The number of fused-ring (bicyclic) bond motifs is 1. The first-order valence-corrected chi connectivity index (χ1v) is 10.7. The monoisotopic (exact) mass is 455 g/mol. The van der Waals surface area contributed by atoms with Gasteiger partial charge in [0.25, 0.3) is 0 Å². The molecule has 0 saturated heterocycles. The third kappa shape index (κ3) is 4.87. The molecule has 8 heteroatoms. The van der Waals surface area contributed by atoms with E-state index >= 15 is 0 Å². The third-order valence-electron chi connectivity index (χ3n) is 5.49. The number of amides is 2. The van der Waals surface area contributed by atoms with Crippen LogP contribution in [-0.2, 0) is 15.2 Å². The van der Waals surface area contributed by atoms with Gasteiger partial charge in [-0.15, -0.1) is 0 Å². The number of hydrogen-bond donors (Lipinski definition) is 4. The van der Waals surface area contributed by atoms with Crippen molar-refractivity contribution in [3.8, 4) is 11.1 Å². The van der Waals surface area contributed by atoms with E-state index < -0.39 is 17.4 Å². The molecule has 2 heterocycles. The fourth-order valence-corrected chi connectivity index (χ4v) is 3.61. The third-order valence-corrected chi connectivity index (χ3v) is 5.49. The molecule has 4 aromatic rings. The van der Waals surface area contributed by atoms with Gasteiger partial charge in [-0.05, 0) is 79.2 Å². The summed E-state index contributed by atoms with van der Waals surface area (Å²) in [5.41, 5.74) is 9.62. The first-order chi connectivity index (χ1) is 16.1. The second-order valence-electron chi connectivity index (χ2n) is 8.59. The number of pyridine rings is 2. The highest BCUT2D eigenvalue weighted by Crippen LogP contribution is 2.31. The summed E-state index contributed by atoms with van der Waals surface area (Å²) in [5.74, 6) is -1.50. The van der Waals surface area contributed by atoms with Gasteiger partial charge in [-0.3, -0.25) is 14.6 Å². The molecule has 0 atom stereocenters. The summed E-state index contributed by atoms with van der Waals surface area (Å²) in [5, 5.41) is 16.7. The molecular weight excluding hydrogens is 430 g/mol. The Morgan fingerprint density at radius 3 is 2.50 bits per heavy atom. The van der Waals surface area contributed by atoms with Crippen LogP contribution in [0.25, 0.3) is 21.9 Å². The maximum absolute atomic E-state index is 12.5. The van der Waals surface area contributed by atoms with Crippen LogP contribution in [0.3, 0.4) is 0 Å². The van der Waals surface area contributed by atoms with Crippen LogP contribution < -0.4 is 16.4 Å². The molecular formula is C26H25N5O3. The number of nitrogens with one attached hydrogen (secondary N) is 2. The molecule has 2 amide bonds. The zero-order valence-corrected chi connectivity index (χ0v) is 19.1. The number of nitrogens with two attached hydrogens (primary N) is 1. The molecule has 2 aromatic heterocycles. The van der Waals surface area contributed by atoms with Gasteiger partial charge in [-0.2, -0.15) is 0 Å². The van der Waals surface area contributed by atoms with Crippen molar-refractivity contribution in [1.29, 1.82) is 0 Å². The summed E-state index contributed by atoms with van der Waals surface area (Å²) in [6, 6.07) is 14.1. The number of nitrogens with zero attached hydrogens (tertiary/aromatic N) is 2. The van der Waals surface area contributed by atoms with E-state index in [2.05, 4.69) is 20.6 Å². The predicted molar refractivity (Wildman–Crippen MR) is 133 cm³/mol. The lowest BCUT2D eigenvalue weighted by Crippen LogP contribution is -2.29. The Morgan fingerprint density at radius 2 is 1.76 bits per heavy atom. The highest BCUT2D eigenvalue weighted by Gasteiger charge is 2.19. The second kappa shape index (κ2) is 8.92. The molecule has 0 bridgehead atoms. The molecule has 2 aromatic carbocycles. The zero-order chi connectivity index (χ0) is 24.5. The average molecular weight is 456 g/mol. The minimum Gasteiger partial charge on any atom is -0.398 e. The van der Waals surface area contributed by atoms with Crippen molar-refractivity contribution in [1.82, 2.24) is 9.97 Å². The maximum Gasteiger partial charge on any atom is 0.315 e. The smallest absolute Gasteiger partial charge is 0.315 e. The number of rotatable bonds is 4. The molecule has 0 aliphatic heterocycles. The van der Waals surface area contributed by atoms with Crippen LogP contribution in [0.15, 0.2) is 67.1 Å². The summed E-state index contributed by atoms with van der Waals surface area (Å²) in [4.78, 5) is 33.3. The number of aryl methyl sites for hydroxylation is 1. The normalized spacial score (nSPS) is 11.3. The van der Waals surface area contributed by atoms with E-state index in [4.69, 9.17) is 5.73 Å². The Kier molecular flexibility index (Phi) is 6.00. The number of nitrogen functional groups attached to an aromatic ring is 1. The lowest BCUT2D eigenvalue weighted by molar-refractivity contribution is -0.133. The topological polar surface area (TPSA) is 130 Å². The van der Waals surface area contributed by atoms with Gasteiger partial charge in [0.1, 0.15) is 5.82 Å². The van der Waals surface area contributed by atoms with Gasteiger partial charge in [0.05, 0.1) is 5.60 Å². The van der Waals surface area contributed by atoms with Crippen LogP contribution in [0.4, 0.5) is 17.2 Å². The number of carbonyl (C=O) groups excluding carboxylic acids is 2. The molecule has 0 fully saturated rings. The Hall–Kier alpha value is -4.30. The largest absolute Gasteiger partial charge is 0.398 e. The van der Waals surface area contributed by atoms with Crippen molar-refractivity contribution < 1.29 is 14.7 Å². The molecule has 172 valence electrons. The van der Waals surface area contributed by atoms with Crippen molar-refractivity contribution in [2.75, 3.05) is 16.4 Å². The highest BCUT2D eigenvalue weighted by atomic mass is 16.3. The Labute approximate surface area is 196 Å². The van der Waals surface area contributed by atoms with Crippen LogP contribution in [0.1, 0.15) is 25.0 Å². The van der Waals surface area contributed by atoms with Crippen LogP contribution in [-0.4, -0.2) is 26.9 Å². The number of anilines is 3. The average Bonchev–Trinajstić information content (AvgIpc) is 2.78. The lowest BCUT2D eigenvalue weighted by Gasteiger charge is -2.18. The van der Waals surface area contributed by atoms with Gasteiger partial charge in [-0.1, -0.05) is 12.1 Å². The van der Waals surface area contributed by atoms with Crippen molar-refractivity contribution in [3.05, 3.63) is 78.2 Å². The predicted octanol–water partition coefficient (Wildman–Crippen LogP) is 3.99. The highest BCUT2D eigenvalue weighted by molar-refractivity contribution is 6.43. The Morgan fingerprint density at radius 1 is 1.00 bits per heavy atom. The molecule has 0 unspecified atom stereocenters. The SMILES string of the molecule is Cc1ccncc1-c1cc(N)c2cnc(NC(=O)C(=O)Nc3cccc(C(C)(C)O)c3)cc2c1. The summed E-state index contributed by atoms with van der Waals surface area (Å²) < 4.78 is 0. The first kappa shape index (κ1) is 22.9. The summed E-state index contributed by atoms with van der Waals surface area (Å²) in [6.07, 6.45) is 5.06. The van der Waals surface area contributed by atoms with Gasteiger partial charge in [0.2, 0.25) is 0 Å². The fourth-order valence-electron chi connectivity index (χ4n) is 3.61. The van der Waals surface area contributed by atoms with E-state index in [1.165, 1.54) is 0 Å². The second-order valence-corrected chi connectivity index (χ2v) is 8.59. The van der Waals surface area contributed by atoms with Gasteiger partial charge in [-0.25, -0.2) is 4.98 Å². The molecule has 34 heavy (non-hydrogen) atoms. The molecule has 0 spiro atoms. The van der Waals surface area contributed by atoms with E-state index in [0.717, 1.165) is 27.5 Å². The zero-order valence-electron chi connectivity index (χ0n) is 19.1. The van der Waals surface area contributed by atoms with Crippen LogP contribution >= 0.6 is 0 Å².